The van der Waals surface area contributed by atoms with Gasteiger partial charge in [0.25, 0.3) is 20.0 Å². The highest BCUT2D eigenvalue weighted by atomic mass is 32.2. The highest BCUT2D eigenvalue weighted by Gasteiger charge is 2.17. The summed E-state index contributed by atoms with van der Waals surface area (Å²) in [7, 11) is -7.78. The summed E-state index contributed by atoms with van der Waals surface area (Å²) in [4.78, 5) is -0.108. The van der Waals surface area contributed by atoms with Gasteiger partial charge >= 0.3 is 0 Å². The van der Waals surface area contributed by atoms with Crippen molar-refractivity contribution in [2.45, 2.75) is 23.6 Å². The van der Waals surface area contributed by atoms with Gasteiger partial charge in [-0.25, -0.2) is 25.6 Å². The third-order valence-corrected chi connectivity index (χ3v) is 8.29. The molecular formula is C26H22F2N2O4S2. The number of aryl methyl sites for hydroxylation is 2. The average Bonchev–Trinajstić information content (AvgIpc) is 2.82. The molecule has 0 spiro atoms. The second kappa shape index (κ2) is 9.71. The fourth-order valence-corrected chi connectivity index (χ4v) is 5.81. The SMILES string of the molecule is Cc1cc(-c2ccc(NS(=O)(=O)c3ccc(F)cc3)c(C)c2)ccc1NS(=O)(=O)c1ccc(F)cc1. The maximum absolute atomic E-state index is 13.1. The van der Waals surface area contributed by atoms with Crippen molar-refractivity contribution in [3.8, 4) is 11.1 Å². The van der Waals surface area contributed by atoms with Crippen LogP contribution < -0.4 is 9.44 Å². The molecule has 2 N–H and O–H groups in total. The molecule has 0 radical (unpaired) electrons. The van der Waals surface area contributed by atoms with Gasteiger partial charge in [-0.3, -0.25) is 9.44 Å². The van der Waals surface area contributed by atoms with E-state index in [0.29, 0.717) is 22.5 Å². The number of halogens is 2. The number of nitrogens with one attached hydrogen (secondary N) is 2. The molecule has 0 saturated heterocycles. The van der Waals surface area contributed by atoms with Crippen LogP contribution in [0.15, 0.2) is 94.7 Å². The van der Waals surface area contributed by atoms with E-state index in [4.69, 9.17) is 0 Å². The maximum Gasteiger partial charge on any atom is 0.261 e. The summed E-state index contributed by atoms with van der Waals surface area (Å²) in [5.41, 5.74) is 3.68. The summed E-state index contributed by atoms with van der Waals surface area (Å²) in [6.45, 7) is 3.51. The molecule has 0 fully saturated rings. The van der Waals surface area contributed by atoms with Crippen LogP contribution >= 0.6 is 0 Å². The largest absolute Gasteiger partial charge is 0.279 e. The molecule has 0 atom stereocenters. The Bertz CT molecular complexity index is 1510. The van der Waals surface area contributed by atoms with Crippen LogP contribution in [-0.2, 0) is 20.0 Å². The van der Waals surface area contributed by atoms with Crippen molar-refractivity contribution in [1.29, 1.82) is 0 Å². The van der Waals surface area contributed by atoms with Crippen molar-refractivity contribution in [2.24, 2.45) is 0 Å². The first-order valence-electron chi connectivity index (χ1n) is 10.7. The first kappa shape index (κ1) is 25.3. The van der Waals surface area contributed by atoms with Gasteiger partial charge in [-0.05, 0) is 109 Å². The van der Waals surface area contributed by atoms with E-state index >= 15 is 0 Å². The molecule has 0 amide bonds. The van der Waals surface area contributed by atoms with Crippen molar-refractivity contribution in [1.82, 2.24) is 0 Å². The minimum absolute atomic E-state index is 0.0540. The average molecular weight is 529 g/mol. The first-order valence-corrected chi connectivity index (χ1v) is 13.7. The Morgan fingerprint density at radius 1 is 0.528 bits per heavy atom. The molecule has 0 saturated carbocycles. The second-order valence-corrected chi connectivity index (χ2v) is 11.5. The molecule has 10 heteroatoms. The molecule has 186 valence electrons. The van der Waals surface area contributed by atoms with Crippen molar-refractivity contribution in [3.05, 3.63) is 108 Å². The number of hydrogen-bond acceptors (Lipinski definition) is 4. The Labute approximate surface area is 208 Å². The lowest BCUT2D eigenvalue weighted by atomic mass is 10.0. The predicted molar refractivity (Wildman–Crippen MR) is 136 cm³/mol. The van der Waals surface area contributed by atoms with E-state index < -0.39 is 31.7 Å². The van der Waals surface area contributed by atoms with Crippen molar-refractivity contribution in [3.63, 3.8) is 0 Å². The van der Waals surface area contributed by atoms with Crippen LogP contribution in [-0.4, -0.2) is 16.8 Å². The number of anilines is 2. The third-order valence-electron chi connectivity index (χ3n) is 5.52. The van der Waals surface area contributed by atoms with Gasteiger partial charge in [-0.15, -0.1) is 0 Å². The standard InChI is InChI=1S/C26H22F2N2O4S2/c1-17-15-19(3-13-25(17)29-35(31,32)23-9-5-21(27)6-10-23)20-4-14-26(18(2)16-20)30-36(33,34)24-11-7-22(28)8-12-24/h3-16,29-30H,1-2H3. The Kier molecular flexibility index (Phi) is 6.83. The summed E-state index contributed by atoms with van der Waals surface area (Å²) in [6, 6.07) is 19.4. The minimum Gasteiger partial charge on any atom is -0.279 e. The molecule has 4 aromatic rings. The topological polar surface area (TPSA) is 92.3 Å². The van der Waals surface area contributed by atoms with Crippen LogP contribution in [0.2, 0.25) is 0 Å². The summed E-state index contributed by atoms with van der Waals surface area (Å²) < 4.78 is 81.8. The zero-order chi connectivity index (χ0) is 26.1. The quantitative estimate of drug-likeness (QED) is 0.315. The highest BCUT2D eigenvalue weighted by molar-refractivity contribution is 7.93. The molecule has 4 rings (SSSR count). The number of hydrogen-bond donors (Lipinski definition) is 2. The van der Waals surface area contributed by atoms with Gasteiger partial charge in [0.2, 0.25) is 0 Å². The van der Waals surface area contributed by atoms with E-state index in [-0.39, 0.29) is 9.79 Å². The number of benzene rings is 4. The molecule has 0 aliphatic rings. The Morgan fingerprint density at radius 2 is 0.861 bits per heavy atom. The van der Waals surface area contributed by atoms with Crippen LogP contribution in [0, 0.1) is 25.5 Å². The normalized spacial score (nSPS) is 11.8. The van der Waals surface area contributed by atoms with Crippen LogP contribution in [0.1, 0.15) is 11.1 Å². The zero-order valence-corrected chi connectivity index (χ0v) is 20.9. The summed E-state index contributed by atoms with van der Waals surface area (Å²) >= 11 is 0. The Balaban J connectivity index is 1.55. The monoisotopic (exact) mass is 528 g/mol. The van der Waals surface area contributed by atoms with Crippen LogP contribution in [0.25, 0.3) is 11.1 Å². The van der Waals surface area contributed by atoms with Crippen LogP contribution in [0.3, 0.4) is 0 Å². The van der Waals surface area contributed by atoms with Gasteiger partial charge in [0.1, 0.15) is 11.6 Å². The van der Waals surface area contributed by atoms with E-state index in [1.807, 2.05) is 0 Å². The number of sulfonamides is 2. The molecular weight excluding hydrogens is 506 g/mol. The zero-order valence-electron chi connectivity index (χ0n) is 19.3. The molecule has 36 heavy (non-hydrogen) atoms. The molecule has 0 aliphatic carbocycles. The summed E-state index contributed by atoms with van der Waals surface area (Å²) in [5, 5.41) is 0. The third kappa shape index (κ3) is 5.55. The second-order valence-electron chi connectivity index (χ2n) is 8.18. The van der Waals surface area contributed by atoms with Gasteiger partial charge in [0, 0.05) is 0 Å². The van der Waals surface area contributed by atoms with Crippen LogP contribution in [0.5, 0.6) is 0 Å². The van der Waals surface area contributed by atoms with Gasteiger partial charge in [-0.2, -0.15) is 0 Å². The first-order chi connectivity index (χ1) is 16.9. The van der Waals surface area contributed by atoms with E-state index in [2.05, 4.69) is 9.44 Å². The van der Waals surface area contributed by atoms with Gasteiger partial charge in [-0.1, -0.05) is 12.1 Å². The fourth-order valence-electron chi connectivity index (χ4n) is 3.55. The van der Waals surface area contributed by atoms with Crippen LogP contribution in [0.4, 0.5) is 20.2 Å². The van der Waals surface area contributed by atoms with Gasteiger partial charge < -0.3 is 0 Å². The molecule has 0 unspecified atom stereocenters. The van der Waals surface area contributed by atoms with Gasteiger partial charge in [0.15, 0.2) is 0 Å². The van der Waals surface area contributed by atoms with Crippen molar-refractivity contribution < 1.29 is 25.6 Å². The lowest BCUT2D eigenvalue weighted by molar-refractivity contribution is 0.597. The van der Waals surface area contributed by atoms with E-state index in [9.17, 15) is 25.6 Å². The molecule has 6 nitrogen and oxygen atoms in total. The summed E-state index contributed by atoms with van der Waals surface area (Å²) in [6.07, 6.45) is 0. The number of rotatable bonds is 7. The Morgan fingerprint density at radius 3 is 1.17 bits per heavy atom. The molecule has 0 heterocycles. The fraction of sp³-hybridized carbons (Fsp3) is 0.0769. The lowest BCUT2D eigenvalue weighted by Crippen LogP contribution is -2.14. The van der Waals surface area contributed by atoms with E-state index in [1.54, 1.807) is 50.2 Å². The predicted octanol–water partition coefficient (Wildman–Crippen LogP) is 5.85. The molecule has 4 aromatic carbocycles. The lowest BCUT2D eigenvalue weighted by Gasteiger charge is -2.14. The van der Waals surface area contributed by atoms with Gasteiger partial charge in [0.05, 0.1) is 21.2 Å². The van der Waals surface area contributed by atoms with Crippen molar-refractivity contribution in [2.75, 3.05) is 9.44 Å². The van der Waals surface area contributed by atoms with E-state index in [1.165, 1.54) is 24.3 Å². The molecule has 0 aromatic heterocycles. The maximum atomic E-state index is 13.1. The van der Waals surface area contributed by atoms with E-state index in [0.717, 1.165) is 35.4 Å². The summed E-state index contributed by atoms with van der Waals surface area (Å²) in [5.74, 6) is -1.06. The minimum atomic E-state index is -3.89. The van der Waals surface area contributed by atoms with Crippen molar-refractivity contribution >= 4 is 31.4 Å². The Hall–Kier alpha value is -3.76. The molecule has 0 bridgehead atoms. The smallest absolute Gasteiger partial charge is 0.261 e. The molecule has 0 aliphatic heterocycles. The highest BCUT2D eigenvalue weighted by Crippen LogP contribution is 2.30.